The number of hydrogen-bond acceptors (Lipinski definition) is 7. The molecule has 3 N–H and O–H groups in total. The first-order chi connectivity index (χ1) is 19.7. The Morgan fingerprint density at radius 2 is 1.76 bits per heavy atom. The molecule has 3 heterocycles. The van der Waals surface area contributed by atoms with E-state index >= 15 is 8.78 Å². The van der Waals surface area contributed by atoms with Gasteiger partial charge in [0.1, 0.15) is 17.5 Å². The van der Waals surface area contributed by atoms with Gasteiger partial charge in [0.2, 0.25) is 5.91 Å². The fourth-order valence-electron chi connectivity index (χ4n) is 4.86. The van der Waals surface area contributed by atoms with Gasteiger partial charge >= 0.3 is 12.2 Å². The lowest BCUT2D eigenvalue weighted by molar-refractivity contribution is -0.130. The van der Waals surface area contributed by atoms with Gasteiger partial charge in [0.25, 0.3) is 5.91 Å². The number of carbonyl (C=O) groups excluding carboxylic acids is 4. The second-order valence-corrected chi connectivity index (χ2v) is 9.57. The number of hydrogen-bond donors (Lipinski definition) is 3. The van der Waals surface area contributed by atoms with Crippen LogP contribution in [0.15, 0.2) is 42.5 Å². The number of H-pyrrole nitrogens is 1. The molecule has 1 unspecified atom stereocenters. The molecule has 12 nitrogen and oxygen atoms in total. The molecule has 1 atom stereocenters. The van der Waals surface area contributed by atoms with Gasteiger partial charge in [-0.1, -0.05) is 18.2 Å². The highest BCUT2D eigenvalue weighted by Gasteiger charge is 2.34. The lowest BCUT2D eigenvalue weighted by Gasteiger charge is -2.36. The number of aromatic amines is 1. The van der Waals surface area contributed by atoms with Crippen LogP contribution >= 0.6 is 0 Å². The maximum absolute atomic E-state index is 15.1. The third-order valence-corrected chi connectivity index (χ3v) is 6.97. The summed E-state index contributed by atoms with van der Waals surface area (Å²) in [4.78, 5) is 55.8. The Balaban J connectivity index is 1.14. The van der Waals surface area contributed by atoms with E-state index in [4.69, 9.17) is 4.74 Å². The van der Waals surface area contributed by atoms with E-state index in [-0.39, 0.29) is 63.1 Å². The van der Waals surface area contributed by atoms with Gasteiger partial charge < -0.3 is 34.9 Å². The van der Waals surface area contributed by atoms with Gasteiger partial charge in [0.05, 0.1) is 32.4 Å². The molecule has 2 saturated heterocycles. The molecular formula is C27H28F2N6O6. The zero-order valence-corrected chi connectivity index (χ0v) is 22.1. The third-order valence-electron chi connectivity index (χ3n) is 6.97. The van der Waals surface area contributed by atoms with Crippen molar-refractivity contribution < 1.29 is 37.4 Å². The van der Waals surface area contributed by atoms with Crippen LogP contribution in [-0.2, 0) is 14.3 Å². The first kappa shape index (κ1) is 27.7. The summed E-state index contributed by atoms with van der Waals surface area (Å²) >= 11 is 0. The zero-order chi connectivity index (χ0) is 29.1. The normalized spacial score (nSPS) is 17.0. The molecule has 5 rings (SSSR count). The summed E-state index contributed by atoms with van der Waals surface area (Å²) in [6.07, 6.45) is -2.21. The SMILES string of the molecule is COC(=O)NCC1CN(c2cc(F)c(N3CCN(C(=O)CNC(=O)c4cc5ccccc5[nH]4)CC3)c(F)c2)C(=O)O1. The molecule has 4 amide bonds. The van der Waals surface area contributed by atoms with Crippen LogP contribution in [0, 0.1) is 11.6 Å². The minimum absolute atomic E-state index is 0.0152. The second-order valence-electron chi connectivity index (χ2n) is 9.57. The predicted molar refractivity (Wildman–Crippen MR) is 144 cm³/mol. The van der Waals surface area contributed by atoms with Crippen LogP contribution < -0.4 is 20.4 Å². The van der Waals surface area contributed by atoms with Gasteiger partial charge in [-0.3, -0.25) is 14.5 Å². The maximum Gasteiger partial charge on any atom is 0.414 e. The second kappa shape index (κ2) is 11.7. The Hall–Kier alpha value is -4.88. The van der Waals surface area contributed by atoms with E-state index in [0.29, 0.717) is 5.69 Å². The average molecular weight is 571 g/mol. The monoisotopic (exact) mass is 570 g/mol. The van der Waals surface area contributed by atoms with Crippen molar-refractivity contribution >= 4 is 46.3 Å². The van der Waals surface area contributed by atoms with Crippen LogP contribution in [0.4, 0.5) is 29.7 Å². The number of fused-ring (bicyclic) bond motifs is 1. The number of para-hydroxylation sites is 1. The van der Waals surface area contributed by atoms with E-state index in [1.165, 1.54) is 16.9 Å². The number of cyclic esters (lactones) is 1. The van der Waals surface area contributed by atoms with E-state index in [1.807, 2.05) is 24.3 Å². The fraction of sp³-hybridized carbons (Fsp3) is 0.333. The van der Waals surface area contributed by atoms with E-state index in [9.17, 15) is 19.2 Å². The van der Waals surface area contributed by atoms with Crippen molar-refractivity contribution in [3.8, 4) is 0 Å². The average Bonchev–Trinajstić information content (AvgIpc) is 3.57. The number of methoxy groups -OCH3 is 1. The Bertz CT molecular complexity index is 1430. The summed E-state index contributed by atoms with van der Waals surface area (Å²) in [5.74, 6) is -2.46. The molecule has 14 heteroatoms. The Labute approximate surface area is 233 Å². The first-order valence-electron chi connectivity index (χ1n) is 12.9. The lowest BCUT2D eigenvalue weighted by Crippen LogP contribution is -2.51. The number of rotatable bonds is 7. The van der Waals surface area contributed by atoms with Crippen LogP contribution in [0.3, 0.4) is 0 Å². The molecule has 1 aromatic heterocycles. The number of amides is 4. The summed E-state index contributed by atoms with van der Waals surface area (Å²) in [7, 11) is 1.19. The maximum atomic E-state index is 15.1. The number of ether oxygens (including phenoxy) is 2. The Morgan fingerprint density at radius 1 is 1.05 bits per heavy atom. The number of anilines is 2. The molecule has 0 radical (unpaired) electrons. The Kier molecular flexibility index (Phi) is 7.90. The van der Waals surface area contributed by atoms with Crippen molar-refractivity contribution in [3.63, 3.8) is 0 Å². The molecular weight excluding hydrogens is 542 g/mol. The highest BCUT2D eigenvalue weighted by Crippen LogP contribution is 2.31. The van der Waals surface area contributed by atoms with Crippen LogP contribution in [0.2, 0.25) is 0 Å². The minimum atomic E-state index is -0.866. The number of nitrogens with one attached hydrogen (secondary N) is 3. The molecule has 2 aliphatic rings. The van der Waals surface area contributed by atoms with Crippen molar-refractivity contribution in [1.29, 1.82) is 0 Å². The molecule has 0 spiro atoms. The molecule has 3 aromatic rings. The van der Waals surface area contributed by atoms with E-state index in [1.54, 1.807) is 6.07 Å². The molecule has 0 aliphatic carbocycles. The van der Waals surface area contributed by atoms with Gasteiger partial charge in [-0.05, 0) is 12.1 Å². The largest absolute Gasteiger partial charge is 0.453 e. The number of nitrogens with zero attached hydrogens (tertiary/aromatic N) is 3. The van der Waals surface area contributed by atoms with Gasteiger partial charge in [-0.25, -0.2) is 18.4 Å². The number of carbonyl (C=O) groups is 4. The standard InChI is InChI=1S/C27H28F2N6O6/c1-40-26(38)31-13-18-15-35(27(39)41-18)17-11-19(28)24(20(29)12-17)34-8-6-33(7-9-34)23(36)14-30-25(37)22-10-16-4-2-3-5-21(16)32-22/h2-5,10-12,18,32H,6-9,13-15H2,1H3,(H,30,37)(H,31,38). The Morgan fingerprint density at radius 3 is 2.44 bits per heavy atom. The quantitative estimate of drug-likeness (QED) is 0.396. The highest BCUT2D eigenvalue weighted by atomic mass is 19.1. The predicted octanol–water partition coefficient (Wildman–Crippen LogP) is 2.21. The van der Waals surface area contributed by atoms with Crippen LogP contribution in [-0.4, -0.2) is 92.9 Å². The van der Waals surface area contributed by atoms with Gasteiger partial charge in [-0.2, -0.15) is 0 Å². The minimum Gasteiger partial charge on any atom is -0.453 e. The summed E-state index contributed by atoms with van der Waals surface area (Å²) in [5, 5.41) is 5.90. The van der Waals surface area contributed by atoms with E-state index in [0.717, 1.165) is 27.9 Å². The van der Waals surface area contributed by atoms with Crippen molar-refractivity contribution in [2.45, 2.75) is 6.10 Å². The molecule has 0 saturated carbocycles. The van der Waals surface area contributed by atoms with Gasteiger partial charge in [0.15, 0.2) is 11.6 Å². The van der Waals surface area contributed by atoms with Crippen LogP contribution in [0.5, 0.6) is 0 Å². The van der Waals surface area contributed by atoms with Crippen LogP contribution in [0.25, 0.3) is 10.9 Å². The molecule has 41 heavy (non-hydrogen) atoms. The molecule has 2 aromatic carbocycles. The van der Waals surface area contributed by atoms with Gasteiger partial charge in [-0.15, -0.1) is 0 Å². The first-order valence-corrected chi connectivity index (χ1v) is 12.9. The number of aromatic nitrogens is 1. The van der Waals surface area contributed by atoms with Crippen LogP contribution in [0.1, 0.15) is 10.5 Å². The summed E-state index contributed by atoms with van der Waals surface area (Å²) < 4.78 is 39.8. The topological polar surface area (TPSA) is 136 Å². The summed E-state index contributed by atoms with van der Waals surface area (Å²) in [6.45, 7) is 0.494. The number of halogens is 2. The number of piperazine rings is 1. The lowest BCUT2D eigenvalue weighted by atomic mass is 10.2. The van der Waals surface area contributed by atoms with Crippen molar-refractivity contribution in [1.82, 2.24) is 20.5 Å². The number of alkyl carbamates (subject to hydrolysis) is 1. The molecule has 0 bridgehead atoms. The van der Waals surface area contributed by atoms with E-state index in [2.05, 4.69) is 20.4 Å². The molecule has 2 fully saturated rings. The van der Waals surface area contributed by atoms with Crippen molar-refractivity contribution in [2.75, 3.05) is 62.7 Å². The van der Waals surface area contributed by atoms with Crippen molar-refractivity contribution in [2.24, 2.45) is 0 Å². The zero-order valence-electron chi connectivity index (χ0n) is 22.1. The van der Waals surface area contributed by atoms with Crippen molar-refractivity contribution in [3.05, 3.63) is 59.8 Å². The van der Waals surface area contributed by atoms with E-state index < -0.39 is 35.8 Å². The summed E-state index contributed by atoms with van der Waals surface area (Å²) in [5.41, 5.74) is 0.872. The third kappa shape index (κ3) is 6.00. The number of benzene rings is 2. The fourth-order valence-corrected chi connectivity index (χ4v) is 4.86. The summed E-state index contributed by atoms with van der Waals surface area (Å²) in [6, 6.07) is 11.2. The highest BCUT2D eigenvalue weighted by molar-refractivity contribution is 5.99. The van der Waals surface area contributed by atoms with Gasteiger partial charge in [0, 0.05) is 49.2 Å². The smallest absolute Gasteiger partial charge is 0.414 e. The molecule has 216 valence electrons. The molecule has 2 aliphatic heterocycles.